The van der Waals surface area contributed by atoms with Crippen molar-refractivity contribution in [2.45, 2.75) is 13.8 Å². The average molecular weight is 286 g/mol. The number of rotatable bonds is 3. The van der Waals surface area contributed by atoms with Crippen LogP contribution in [0.2, 0.25) is 0 Å². The van der Waals surface area contributed by atoms with Crippen LogP contribution in [0.3, 0.4) is 0 Å². The van der Waals surface area contributed by atoms with Gasteiger partial charge < -0.3 is 10.4 Å². The highest BCUT2D eigenvalue weighted by Gasteiger charge is 2.14. The standard InChI is InChI=1S/C15H14N2O4/c1-9-3-4-11(8-14(9)17(20)21)16-15(19)13-6-5-12(18)7-10(13)2/h3-8,18H,1-2H3,(H,16,19). The predicted molar refractivity (Wildman–Crippen MR) is 78.6 cm³/mol. The molecule has 0 saturated carbocycles. The van der Waals surface area contributed by atoms with Gasteiger partial charge in [-0.3, -0.25) is 14.9 Å². The number of aromatic hydroxyl groups is 1. The summed E-state index contributed by atoms with van der Waals surface area (Å²) in [6, 6.07) is 8.91. The van der Waals surface area contributed by atoms with Crippen LogP contribution < -0.4 is 5.32 Å². The van der Waals surface area contributed by atoms with Gasteiger partial charge in [-0.05, 0) is 43.7 Å². The first-order valence-electron chi connectivity index (χ1n) is 6.24. The molecule has 0 bridgehead atoms. The van der Waals surface area contributed by atoms with Gasteiger partial charge in [-0.15, -0.1) is 0 Å². The number of nitrogens with one attached hydrogen (secondary N) is 1. The quantitative estimate of drug-likeness (QED) is 0.669. The van der Waals surface area contributed by atoms with Gasteiger partial charge in [-0.2, -0.15) is 0 Å². The van der Waals surface area contributed by atoms with Gasteiger partial charge in [0, 0.05) is 22.9 Å². The van der Waals surface area contributed by atoms with Gasteiger partial charge in [0.1, 0.15) is 5.75 Å². The Bertz CT molecular complexity index is 726. The lowest BCUT2D eigenvalue weighted by molar-refractivity contribution is -0.385. The van der Waals surface area contributed by atoms with Gasteiger partial charge in [0.05, 0.1) is 4.92 Å². The van der Waals surface area contributed by atoms with Gasteiger partial charge in [-0.25, -0.2) is 0 Å². The fourth-order valence-electron chi connectivity index (χ4n) is 1.98. The van der Waals surface area contributed by atoms with E-state index in [2.05, 4.69) is 5.32 Å². The Labute approximate surface area is 121 Å². The Morgan fingerprint density at radius 1 is 1.14 bits per heavy atom. The van der Waals surface area contributed by atoms with Gasteiger partial charge in [0.25, 0.3) is 11.6 Å². The summed E-state index contributed by atoms with van der Waals surface area (Å²) in [7, 11) is 0. The molecule has 2 aromatic rings. The number of phenols is 1. The van der Waals surface area contributed by atoms with E-state index in [0.717, 1.165) is 0 Å². The summed E-state index contributed by atoms with van der Waals surface area (Å²) >= 11 is 0. The van der Waals surface area contributed by atoms with Crippen LogP contribution >= 0.6 is 0 Å². The zero-order valence-corrected chi connectivity index (χ0v) is 11.6. The second-order valence-corrected chi connectivity index (χ2v) is 4.71. The van der Waals surface area contributed by atoms with E-state index in [9.17, 15) is 20.0 Å². The summed E-state index contributed by atoms with van der Waals surface area (Å²) in [5, 5.41) is 22.8. The SMILES string of the molecule is Cc1cc(O)ccc1C(=O)Nc1ccc(C)c([N+](=O)[O-])c1. The monoisotopic (exact) mass is 286 g/mol. The molecule has 0 unspecified atom stereocenters. The van der Waals surface area contributed by atoms with Crippen LogP contribution in [0.1, 0.15) is 21.5 Å². The van der Waals surface area contributed by atoms with Crippen LogP contribution in [0, 0.1) is 24.0 Å². The number of benzene rings is 2. The zero-order valence-electron chi connectivity index (χ0n) is 11.6. The summed E-state index contributed by atoms with van der Waals surface area (Å²) in [5.41, 5.74) is 1.85. The lowest BCUT2D eigenvalue weighted by Gasteiger charge is -2.08. The van der Waals surface area contributed by atoms with E-state index in [-0.39, 0.29) is 17.3 Å². The van der Waals surface area contributed by atoms with E-state index in [1.165, 1.54) is 24.3 Å². The number of hydrogen-bond donors (Lipinski definition) is 2. The molecule has 6 nitrogen and oxygen atoms in total. The molecule has 21 heavy (non-hydrogen) atoms. The summed E-state index contributed by atoms with van der Waals surface area (Å²) in [5.74, 6) is -0.305. The van der Waals surface area contributed by atoms with E-state index in [1.807, 2.05) is 0 Å². The molecule has 0 aliphatic rings. The van der Waals surface area contributed by atoms with E-state index in [0.29, 0.717) is 22.4 Å². The second-order valence-electron chi connectivity index (χ2n) is 4.71. The number of phenolic OH excluding ortho intramolecular Hbond substituents is 1. The molecular weight excluding hydrogens is 272 g/mol. The van der Waals surface area contributed by atoms with Gasteiger partial charge in [-0.1, -0.05) is 6.07 Å². The number of carbonyl (C=O) groups excluding carboxylic acids is 1. The molecule has 2 N–H and O–H groups in total. The lowest BCUT2D eigenvalue weighted by atomic mass is 10.1. The van der Waals surface area contributed by atoms with E-state index in [4.69, 9.17) is 0 Å². The zero-order chi connectivity index (χ0) is 15.6. The highest BCUT2D eigenvalue weighted by atomic mass is 16.6. The highest BCUT2D eigenvalue weighted by Crippen LogP contribution is 2.23. The second kappa shape index (κ2) is 5.62. The molecule has 0 aliphatic heterocycles. The lowest BCUT2D eigenvalue weighted by Crippen LogP contribution is -2.13. The summed E-state index contributed by atoms with van der Waals surface area (Å²) in [4.78, 5) is 22.5. The average Bonchev–Trinajstić information content (AvgIpc) is 2.40. The minimum Gasteiger partial charge on any atom is -0.508 e. The Hall–Kier alpha value is -2.89. The fraction of sp³-hybridized carbons (Fsp3) is 0.133. The number of nitro groups is 1. The van der Waals surface area contributed by atoms with Crippen molar-refractivity contribution in [1.29, 1.82) is 0 Å². The Kier molecular flexibility index (Phi) is 3.89. The summed E-state index contributed by atoms with van der Waals surface area (Å²) < 4.78 is 0. The van der Waals surface area contributed by atoms with E-state index >= 15 is 0 Å². The van der Waals surface area contributed by atoms with Crippen molar-refractivity contribution in [2.24, 2.45) is 0 Å². The summed E-state index contributed by atoms with van der Waals surface area (Å²) in [6.07, 6.45) is 0. The summed E-state index contributed by atoms with van der Waals surface area (Å²) in [6.45, 7) is 3.33. The third-order valence-electron chi connectivity index (χ3n) is 3.12. The molecular formula is C15H14N2O4. The number of nitrogens with zero attached hydrogens (tertiary/aromatic N) is 1. The minimum absolute atomic E-state index is 0.0461. The fourth-order valence-corrected chi connectivity index (χ4v) is 1.98. The largest absolute Gasteiger partial charge is 0.508 e. The number of aryl methyl sites for hydroxylation is 2. The van der Waals surface area contributed by atoms with Crippen molar-refractivity contribution in [3.8, 4) is 5.75 Å². The molecule has 0 atom stereocenters. The molecule has 0 aromatic heterocycles. The molecule has 0 radical (unpaired) electrons. The highest BCUT2D eigenvalue weighted by molar-refractivity contribution is 6.05. The molecule has 0 spiro atoms. The molecule has 1 amide bonds. The number of amides is 1. The maximum absolute atomic E-state index is 12.1. The Morgan fingerprint density at radius 2 is 1.86 bits per heavy atom. The van der Waals surface area contributed by atoms with Crippen molar-refractivity contribution in [3.05, 3.63) is 63.2 Å². The van der Waals surface area contributed by atoms with Crippen molar-refractivity contribution in [2.75, 3.05) is 5.32 Å². The van der Waals surface area contributed by atoms with Crippen LogP contribution in [0.15, 0.2) is 36.4 Å². The maximum Gasteiger partial charge on any atom is 0.274 e. The van der Waals surface area contributed by atoms with Crippen molar-refractivity contribution in [3.63, 3.8) is 0 Å². The predicted octanol–water partition coefficient (Wildman–Crippen LogP) is 3.17. The number of hydrogen-bond acceptors (Lipinski definition) is 4. The van der Waals surface area contributed by atoms with Crippen LogP contribution in [0.25, 0.3) is 0 Å². The van der Waals surface area contributed by atoms with Gasteiger partial charge in [0.15, 0.2) is 0 Å². The van der Waals surface area contributed by atoms with Gasteiger partial charge in [0.2, 0.25) is 0 Å². The van der Waals surface area contributed by atoms with Crippen molar-refractivity contribution >= 4 is 17.3 Å². The Morgan fingerprint density at radius 3 is 2.48 bits per heavy atom. The first-order chi connectivity index (χ1) is 9.88. The molecule has 0 fully saturated rings. The van der Waals surface area contributed by atoms with Crippen LogP contribution in [-0.2, 0) is 0 Å². The van der Waals surface area contributed by atoms with Gasteiger partial charge >= 0.3 is 0 Å². The Balaban J connectivity index is 2.27. The molecule has 0 heterocycles. The van der Waals surface area contributed by atoms with Crippen LogP contribution in [0.5, 0.6) is 5.75 Å². The smallest absolute Gasteiger partial charge is 0.274 e. The van der Waals surface area contributed by atoms with Crippen LogP contribution in [0.4, 0.5) is 11.4 Å². The minimum atomic E-state index is -0.489. The molecule has 108 valence electrons. The topological polar surface area (TPSA) is 92.5 Å². The van der Waals surface area contributed by atoms with E-state index in [1.54, 1.807) is 26.0 Å². The first-order valence-corrected chi connectivity index (χ1v) is 6.24. The molecule has 2 aromatic carbocycles. The molecule has 0 saturated heterocycles. The van der Waals surface area contributed by atoms with Crippen LogP contribution in [-0.4, -0.2) is 15.9 Å². The molecule has 6 heteroatoms. The van der Waals surface area contributed by atoms with Crippen molar-refractivity contribution < 1.29 is 14.8 Å². The van der Waals surface area contributed by atoms with E-state index < -0.39 is 4.92 Å². The maximum atomic E-state index is 12.1. The third kappa shape index (κ3) is 3.17. The molecule has 0 aliphatic carbocycles. The first kappa shape index (κ1) is 14.5. The number of nitro benzene ring substituents is 1. The van der Waals surface area contributed by atoms with Crippen molar-refractivity contribution in [1.82, 2.24) is 0 Å². The third-order valence-corrected chi connectivity index (χ3v) is 3.12. The normalized spacial score (nSPS) is 10.2. The number of carbonyl (C=O) groups is 1. The molecule has 2 rings (SSSR count). The number of anilines is 1.